The van der Waals surface area contributed by atoms with Crippen LogP contribution in [0.15, 0.2) is 24.3 Å². The molecule has 1 aromatic heterocycles. The maximum atomic E-state index is 13.8. The Kier molecular flexibility index (Phi) is 3.38. The standard InChI is InChI=1S/C16H17FN2O/c1-10-9-13(16(20)19-11-5-2-3-6-11)12-7-4-8-14(17)15(12)18-10/h4,7-9,11H,2-3,5-6H2,1H3,(H,19,20). The minimum atomic E-state index is -0.388. The number of hydrogen-bond acceptors (Lipinski definition) is 2. The molecule has 1 saturated carbocycles. The number of halogens is 1. The normalized spacial score (nSPS) is 15.7. The molecule has 0 radical (unpaired) electrons. The number of hydrogen-bond donors (Lipinski definition) is 1. The van der Waals surface area contributed by atoms with Gasteiger partial charge in [0.1, 0.15) is 11.3 Å². The van der Waals surface area contributed by atoms with Crippen LogP contribution < -0.4 is 5.32 Å². The van der Waals surface area contributed by atoms with Crippen molar-refractivity contribution in [3.8, 4) is 0 Å². The summed E-state index contributed by atoms with van der Waals surface area (Å²) in [4.78, 5) is 16.6. The van der Waals surface area contributed by atoms with E-state index in [0.29, 0.717) is 16.6 Å². The van der Waals surface area contributed by atoms with Gasteiger partial charge in [0, 0.05) is 17.1 Å². The Morgan fingerprint density at radius 3 is 2.85 bits per heavy atom. The molecule has 1 aliphatic rings. The number of fused-ring (bicyclic) bond motifs is 1. The van der Waals surface area contributed by atoms with E-state index in [9.17, 15) is 9.18 Å². The van der Waals surface area contributed by atoms with E-state index in [0.717, 1.165) is 25.7 Å². The van der Waals surface area contributed by atoms with Gasteiger partial charge in [-0.1, -0.05) is 25.0 Å². The van der Waals surface area contributed by atoms with Crippen LogP contribution in [0, 0.1) is 12.7 Å². The van der Waals surface area contributed by atoms with Gasteiger partial charge in [0.05, 0.1) is 5.56 Å². The lowest BCUT2D eigenvalue weighted by atomic mass is 10.1. The van der Waals surface area contributed by atoms with Gasteiger partial charge in [-0.25, -0.2) is 9.37 Å². The van der Waals surface area contributed by atoms with E-state index >= 15 is 0 Å². The van der Waals surface area contributed by atoms with Crippen LogP contribution in [-0.2, 0) is 0 Å². The highest BCUT2D eigenvalue weighted by Crippen LogP contribution is 2.23. The van der Waals surface area contributed by atoms with Crippen molar-refractivity contribution < 1.29 is 9.18 Å². The van der Waals surface area contributed by atoms with E-state index in [4.69, 9.17) is 0 Å². The molecule has 0 spiro atoms. The van der Waals surface area contributed by atoms with Crippen LogP contribution in [0.25, 0.3) is 10.9 Å². The molecule has 1 amide bonds. The van der Waals surface area contributed by atoms with Crippen molar-refractivity contribution in [1.82, 2.24) is 10.3 Å². The minimum absolute atomic E-state index is 0.127. The van der Waals surface area contributed by atoms with E-state index in [-0.39, 0.29) is 23.3 Å². The molecule has 3 nitrogen and oxygen atoms in total. The molecular formula is C16H17FN2O. The molecule has 1 aliphatic carbocycles. The Morgan fingerprint density at radius 2 is 2.10 bits per heavy atom. The average molecular weight is 272 g/mol. The largest absolute Gasteiger partial charge is 0.349 e. The lowest BCUT2D eigenvalue weighted by Crippen LogP contribution is -2.32. The number of rotatable bonds is 2. The highest BCUT2D eigenvalue weighted by molar-refractivity contribution is 6.06. The predicted molar refractivity (Wildman–Crippen MR) is 76.2 cm³/mol. The molecule has 4 heteroatoms. The van der Waals surface area contributed by atoms with Crippen molar-refractivity contribution in [2.24, 2.45) is 0 Å². The summed E-state index contributed by atoms with van der Waals surface area (Å²) in [5, 5.41) is 3.62. The maximum Gasteiger partial charge on any atom is 0.252 e. The molecule has 0 unspecified atom stereocenters. The summed E-state index contributed by atoms with van der Waals surface area (Å²) in [6, 6.07) is 6.70. The first-order valence-corrected chi connectivity index (χ1v) is 7.02. The third-order valence-corrected chi connectivity index (χ3v) is 3.85. The second kappa shape index (κ2) is 5.19. The average Bonchev–Trinajstić information content (AvgIpc) is 2.92. The van der Waals surface area contributed by atoms with Gasteiger partial charge >= 0.3 is 0 Å². The molecule has 104 valence electrons. The number of aromatic nitrogens is 1. The van der Waals surface area contributed by atoms with Gasteiger partial charge in [0.25, 0.3) is 5.91 Å². The number of carbonyl (C=O) groups is 1. The van der Waals surface area contributed by atoms with Gasteiger partial charge in [-0.3, -0.25) is 4.79 Å². The Balaban J connectivity index is 2.01. The molecule has 3 rings (SSSR count). The molecular weight excluding hydrogens is 255 g/mol. The molecule has 0 atom stereocenters. The zero-order chi connectivity index (χ0) is 14.1. The molecule has 1 fully saturated rings. The summed E-state index contributed by atoms with van der Waals surface area (Å²) in [6.45, 7) is 1.78. The van der Waals surface area contributed by atoms with E-state index in [2.05, 4.69) is 10.3 Å². The second-order valence-electron chi connectivity index (χ2n) is 5.40. The number of aryl methyl sites for hydroxylation is 1. The predicted octanol–water partition coefficient (Wildman–Crippen LogP) is 3.35. The van der Waals surface area contributed by atoms with Gasteiger partial charge < -0.3 is 5.32 Å². The number of carbonyl (C=O) groups excluding carboxylic acids is 1. The van der Waals surface area contributed by atoms with E-state index in [1.807, 2.05) is 0 Å². The first-order valence-electron chi connectivity index (χ1n) is 7.02. The van der Waals surface area contributed by atoms with Crippen LogP contribution in [0.4, 0.5) is 4.39 Å². The Labute approximate surface area is 117 Å². The summed E-state index contributed by atoms with van der Waals surface area (Å²) in [5.74, 6) is -0.515. The monoisotopic (exact) mass is 272 g/mol. The Morgan fingerprint density at radius 1 is 1.35 bits per heavy atom. The quantitative estimate of drug-likeness (QED) is 0.911. The molecule has 2 aromatic rings. The van der Waals surface area contributed by atoms with Crippen molar-refractivity contribution in [2.45, 2.75) is 38.6 Å². The third kappa shape index (κ3) is 2.38. The lowest BCUT2D eigenvalue weighted by Gasteiger charge is -2.13. The number of para-hydroxylation sites is 1. The number of benzene rings is 1. The van der Waals surface area contributed by atoms with Gasteiger partial charge in [-0.05, 0) is 31.9 Å². The summed E-state index contributed by atoms with van der Waals surface area (Å²) in [6.07, 6.45) is 4.38. The summed E-state index contributed by atoms with van der Waals surface area (Å²) >= 11 is 0. The van der Waals surface area contributed by atoms with Crippen LogP contribution in [0.3, 0.4) is 0 Å². The summed E-state index contributed by atoms with van der Waals surface area (Å²) in [7, 11) is 0. The molecule has 1 aromatic carbocycles. The van der Waals surface area contributed by atoms with Gasteiger partial charge in [-0.2, -0.15) is 0 Å². The fourth-order valence-corrected chi connectivity index (χ4v) is 2.86. The van der Waals surface area contributed by atoms with Crippen molar-refractivity contribution in [2.75, 3.05) is 0 Å². The first kappa shape index (κ1) is 13.0. The topological polar surface area (TPSA) is 42.0 Å². The molecule has 20 heavy (non-hydrogen) atoms. The van der Waals surface area contributed by atoms with Crippen molar-refractivity contribution in [1.29, 1.82) is 0 Å². The van der Waals surface area contributed by atoms with E-state index in [1.54, 1.807) is 25.1 Å². The number of pyridine rings is 1. The van der Waals surface area contributed by atoms with Crippen LogP contribution in [-0.4, -0.2) is 16.9 Å². The summed E-state index contributed by atoms with van der Waals surface area (Å²) in [5.41, 5.74) is 1.43. The van der Waals surface area contributed by atoms with Crippen LogP contribution in [0.2, 0.25) is 0 Å². The van der Waals surface area contributed by atoms with E-state index in [1.165, 1.54) is 6.07 Å². The van der Waals surface area contributed by atoms with Crippen LogP contribution >= 0.6 is 0 Å². The second-order valence-corrected chi connectivity index (χ2v) is 5.40. The van der Waals surface area contributed by atoms with E-state index < -0.39 is 0 Å². The highest BCUT2D eigenvalue weighted by atomic mass is 19.1. The fourth-order valence-electron chi connectivity index (χ4n) is 2.86. The molecule has 0 saturated heterocycles. The van der Waals surface area contributed by atoms with Crippen LogP contribution in [0.1, 0.15) is 41.7 Å². The van der Waals surface area contributed by atoms with Gasteiger partial charge in [0.2, 0.25) is 0 Å². The fraction of sp³-hybridized carbons (Fsp3) is 0.375. The molecule has 1 heterocycles. The van der Waals surface area contributed by atoms with Crippen molar-refractivity contribution >= 4 is 16.8 Å². The highest BCUT2D eigenvalue weighted by Gasteiger charge is 2.20. The van der Waals surface area contributed by atoms with Crippen LogP contribution in [0.5, 0.6) is 0 Å². The molecule has 0 aliphatic heterocycles. The minimum Gasteiger partial charge on any atom is -0.349 e. The first-order chi connectivity index (χ1) is 9.65. The number of nitrogens with zero attached hydrogens (tertiary/aromatic N) is 1. The van der Waals surface area contributed by atoms with Crippen molar-refractivity contribution in [3.63, 3.8) is 0 Å². The third-order valence-electron chi connectivity index (χ3n) is 3.85. The maximum absolute atomic E-state index is 13.8. The smallest absolute Gasteiger partial charge is 0.252 e. The number of amides is 1. The SMILES string of the molecule is Cc1cc(C(=O)NC2CCCC2)c2cccc(F)c2n1. The molecule has 1 N–H and O–H groups in total. The molecule has 0 bridgehead atoms. The number of nitrogens with one attached hydrogen (secondary N) is 1. The lowest BCUT2D eigenvalue weighted by molar-refractivity contribution is 0.0939. The van der Waals surface area contributed by atoms with Gasteiger partial charge in [-0.15, -0.1) is 0 Å². The zero-order valence-electron chi connectivity index (χ0n) is 11.4. The Bertz CT molecular complexity index is 663. The van der Waals surface area contributed by atoms with Crippen molar-refractivity contribution in [3.05, 3.63) is 41.3 Å². The summed E-state index contributed by atoms with van der Waals surface area (Å²) < 4.78 is 13.8. The Hall–Kier alpha value is -1.97. The van der Waals surface area contributed by atoms with Gasteiger partial charge in [0.15, 0.2) is 0 Å². The zero-order valence-corrected chi connectivity index (χ0v) is 11.4.